The third-order valence-electron chi connectivity index (χ3n) is 4.40. The van der Waals surface area contributed by atoms with Gasteiger partial charge in [0.1, 0.15) is 5.60 Å². The summed E-state index contributed by atoms with van der Waals surface area (Å²) in [5.74, 6) is 0. The van der Waals surface area contributed by atoms with Crippen LogP contribution in [0, 0.1) is 0 Å². The second-order valence-corrected chi connectivity index (χ2v) is 5.89. The van der Waals surface area contributed by atoms with Gasteiger partial charge in [0, 0.05) is 6.04 Å². The predicted molar refractivity (Wildman–Crippen MR) is 94.2 cm³/mol. The maximum Gasteiger partial charge on any atom is 0.130 e. The lowest BCUT2D eigenvalue weighted by Crippen LogP contribution is -2.47. The van der Waals surface area contributed by atoms with E-state index in [0.717, 1.165) is 17.7 Å². The second kappa shape index (κ2) is 6.86. The van der Waals surface area contributed by atoms with Crippen molar-refractivity contribution >= 4 is 0 Å². The molecule has 2 heteroatoms. The van der Waals surface area contributed by atoms with Crippen molar-refractivity contribution in [2.75, 3.05) is 0 Å². The lowest BCUT2D eigenvalue weighted by molar-refractivity contribution is 0.0431. The van der Waals surface area contributed by atoms with Crippen molar-refractivity contribution in [1.82, 2.24) is 5.32 Å². The zero-order valence-electron chi connectivity index (χ0n) is 13.3. The first kappa shape index (κ1) is 15.6. The number of nitrogens with one attached hydrogen (secondary N) is 1. The van der Waals surface area contributed by atoms with Crippen molar-refractivity contribution in [2.24, 2.45) is 0 Å². The molecular weight excluding hydrogens is 282 g/mol. The van der Waals surface area contributed by atoms with Crippen LogP contribution in [0.5, 0.6) is 0 Å². The molecule has 23 heavy (non-hydrogen) atoms. The molecule has 0 aliphatic rings. The van der Waals surface area contributed by atoms with Gasteiger partial charge in [-0.25, -0.2) is 12.1 Å². The Morgan fingerprint density at radius 2 is 1.48 bits per heavy atom. The first-order valence-electron chi connectivity index (χ1n) is 7.98. The van der Waals surface area contributed by atoms with E-state index in [9.17, 15) is 5.11 Å². The van der Waals surface area contributed by atoms with E-state index in [2.05, 4.69) is 17.4 Å². The minimum atomic E-state index is -1.07. The Balaban J connectivity index is 1.92. The molecule has 0 spiro atoms. The fourth-order valence-electron chi connectivity index (χ4n) is 3.00. The van der Waals surface area contributed by atoms with E-state index in [1.807, 2.05) is 79.7 Å². The van der Waals surface area contributed by atoms with Gasteiger partial charge in [0.05, 0.1) is 0 Å². The summed E-state index contributed by atoms with van der Waals surface area (Å²) < 4.78 is 0. The molecule has 0 fully saturated rings. The Hall–Kier alpha value is -2.29. The van der Waals surface area contributed by atoms with Gasteiger partial charge in [-0.15, -0.1) is 0 Å². The molecule has 2 N–H and O–H groups in total. The molecule has 0 heterocycles. The summed E-state index contributed by atoms with van der Waals surface area (Å²) in [6, 6.07) is 27.8. The Labute approximate surface area is 137 Å². The summed E-state index contributed by atoms with van der Waals surface area (Å²) in [5, 5.41) is 15.1. The van der Waals surface area contributed by atoms with E-state index in [4.69, 9.17) is 0 Å². The van der Waals surface area contributed by atoms with Crippen LogP contribution in [-0.2, 0) is 12.1 Å². The first-order valence-corrected chi connectivity index (χ1v) is 7.98. The molecule has 1 atom stereocenters. The van der Waals surface area contributed by atoms with E-state index in [1.165, 1.54) is 5.56 Å². The van der Waals surface area contributed by atoms with Crippen LogP contribution in [0.25, 0.3) is 0 Å². The Kier molecular flexibility index (Phi) is 4.65. The molecule has 0 saturated carbocycles. The molecule has 0 aromatic heterocycles. The van der Waals surface area contributed by atoms with Gasteiger partial charge in [0.15, 0.2) is 0 Å². The monoisotopic (exact) mass is 304 g/mol. The van der Waals surface area contributed by atoms with Gasteiger partial charge in [-0.1, -0.05) is 60.7 Å². The topological polar surface area (TPSA) is 32.3 Å². The van der Waals surface area contributed by atoms with E-state index >= 15 is 0 Å². The van der Waals surface area contributed by atoms with Crippen LogP contribution >= 0.6 is 0 Å². The third kappa shape index (κ3) is 3.24. The van der Waals surface area contributed by atoms with E-state index in [1.54, 1.807) is 0 Å². The van der Waals surface area contributed by atoms with Crippen LogP contribution in [-0.4, -0.2) is 11.1 Å². The standard InChI is InChI=1S/C21H22NO/c1-17(22-16-18-10-8-9-11-18)21(23,19-12-4-2-5-13-19)20-14-6-3-7-15-20/h2-15,17,22-23H,16H2,1H3/q-1/t17-/m1/s1. The number of hydrogen-bond donors (Lipinski definition) is 2. The maximum absolute atomic E-state index is 11.6. The summed E-state index contributed by atoms with van der Waals surface area (Å²) in [5.41, 5.74) is 1.94. The van der Waals surface area contributed by atoms with Gasteiger partial charge < -0.3 is 10.4 Å². The van der Waals surface area contributed by atoms with Gasteiger partial charge in [0.2, 0.25) is 0 Å². The van der Waals surface area contributed by atoms with E-state index in [-0.39, 0.29) is 6.04 Å². The summed E-state index contributed by atoms with van der Waals surface area (Å²) in [6.07, 6.45) is 0. The summed E-state index contributed by atoms with van der Waals surface area (Å²) >= 11 is 0. The van der Waals surface area contributed by atoms with Crippen LogP contribution in [0.15, 0.2) is 84.9 Å². The molecule has 0 radical (unpaired) electrons. The number of aliphatic hydroxyl groups is 1. The van der Waals surface area contributed by atoms with Crippen molar-refractivity contribution < 1.29 is 5.11 Å². The summed E-state index contributed by atoms with van der Waals surface area (Å²) in [7, 11) is 0. The summed E-state index contributed by atoms with van der Waals surface area (Å²) in [4.78, 5) is 0. The quantitative estimate of drug-likeness (QED) is 0.679. The molecule has 0 amide bonds. The Bertz CT molecular complexity index is 665. The molecule has 0 bridgehead atoms. The van der Waals surface area contributed by atoms with Crippen molar-refractivity contribution in [1.29, 1.82) is 0 Å². The molecule has 0 unspecified atom stereocenters. The fourth-order valence-corrected chi connectivity index (χ4v) is 3.00. The molecule has 0 aliphatic heterocycles. The molecule has 2 nitrogen and oxygen atoms in total. The Morgan fingerprint density at radius 1 is 0.913 bits per heavy atom. The highest BCUT2D eigenvalue weighted by Gasteiger charge is 2.37. The lowest BCUT2D eigenvalue weighted by Gasteiger charge is -2.36. The molecule has 3 rings (SSSR count). The molecule has 0 aliphatic carbocycles. The third-order valence-corrected chi connectivity index (χ3v) is 4.40. The van der Waals surface area contributed by atoms with Gasteiger partial charge in [-0.2, -0.15) is 17.7 Å². The average Bonchev–Trinajstić information content (AvgIpc) is 3.14. The normalized spacial score (nSPS) is 13.0. The van der Waals surface area contributed by atoms with Crippen LogP contribution in [0.2, 0.25) is 0 Å². The molecule has 118 valence electrons. The highest BCUT2D eigenvalue weighted by atomic mass is 16.3. The smallest absolute Gasteiger partial charge is 0.130 e. The predicted octanol–water partition coefficient (Wildman–Crippen LogP) is 3.82. The highest BCUT2D eigenvalue weighted by molar-refractivity contribution is 5.38. The van der Waals surface area contributed by atoms with Gasteiger partial charge in [-0.3, -0.25) is 0 Å². The van der Waals surface area contributed by atoms with Crippen molar-refractivity contribution in [3.05, 3.63) is 102 Å². The second-order valence-electron chi connectivity index (χ2n) is 5.89. The summed E-state index contributed by atoms with van der Waals surface area (Å²) in [6.45, 7) is 2.76. The van der Waals surface area contributed by atoms with Gasteiger partial charge >= 0.3 is 0 Å². The Morgan fingerprint density at radius 3 is 1.96 bits per heavy atom. The average molecular weight is 304 g/mol. The van der Waals surface area contributed by atoms with Gasteiger partial charge in [0.25, 0.3) is 0 Å². The largest absolute Gasteiger partial charge is 0.379 e. The zero-order valence-corrected chi connectivity index (χ0v) is 13.3. The van der Waals surface area contributed by atoms with Crippen molar-refractivity contribution in [2.45, 2.75) is 25.1 Å². The van der Waals surface area contributed by atoms with Gasteiger partial charge in [-0.05, 0) is 24.6 Å². The van der Waals surface area contributed by atoms with Crippen LogP contribution in [0.1, 0.15) is 23.6 Å². The van der Waals surface area contributed by atoms with Crippen molar-refractivity contribution in [3.63, 3.8) is 0 Å². The zero-order chi connectivity index (χ0) is 16.1. The molecule has 3 aromatic rings. The minimum Gasteiger partial charge on any atom is -0.379 e. The number of hydrogen-bond acceptors (Lipinski definition) is 2. The van der Waals surface area contributed by atoms with Crippen LogP contribution < -0.4 is 5.32 Å². The molecule has 3 aromatic carbocycles. The number of benzene rings is 2. The number of rotatable bonds is 6. The van der Waals surface area contributed by atoms with E-state index < -0.39 is 5.60 Å². The highest BCUT2D eigenvalue weighted by Crippen LogP contribution is 2.33. The lowest BCUT2D eigenvalue weighted by atomic mass is 9.81. The SMILES string of the molecule is C[C@@H](NCc1ccc[cH-]1)C(O)(c1ccccc1)c1ccccc1. The van der Waals surface area contributed by atoms with Crippen molar-refractivity contribution in [3.8, 4) is 0 Å². The molecule has 0 saturated heterocycles. The first-order chi connectivity index (χ1) is 11.2. The molecular formula is C21H22NO-. The maximum atomic E-state index is 11.6. The fraction of sp³-hybridized carbons (Fsp3) is 0.190. The van der Waals surface area contributed by atoms with E-state index in [0.29, 0.717) is 0 Å². The van der Waals surface area contributed by atoms with Crippen LogP contribution in [0.3, 0.4) is 0 Å². The minimum absolute atomic E-state index is 0.137. The van der Waals surface area contributed by atoms with Crippen LogP contribution in [0.4, 0.5) is 0 Å².